The van der Waals surface area contributed by atoms with E-state index in [9.17, 15) is 4.79 Å². The van der Waals surface area contributed by atoms with E-state index < -0.39 is 0 Å². The molecule has 0 saturated carbocycles. The summed E-state index contributed by atoms with van der Waals surface area (Å²) in [5.41, 5.74) is 7.02. The van der Waals surface area contributed by atoms with Crippen molar-refractivity contribution in [3.63, 3.8) is 0 Å². The van der Waals surface area contributed by atoms with Crippen LogP contribution in [0.25, 0.3) is 16.9 Å². The van der Waals surface area contributed by atoms with Gasteiger partial charge in [-0.3, -0.25) is 9.69 Å². The topological polar surface area (TPSA) is 41.4 Å². The number of hydrogen-bond donors (Lipinski definition) is 0. The maximum atomic E-state index is 12.8. The van der Waals surface area contributed by atoms with Crippen LogP contribution in [0.4, 0.5) is 0 Å². The summed E-state index contributed by atoms with van der Waals surface area (Å²) >= 11 is 0. The molecule has 3 aromatic rings. The molecule has 0 unspecified atom stereocenters. The molecule has 0 radical (unpaired) electrons. The van der Waals surface area contributed by atoms with Gasteiger partial charge in [-0.25, -0.2) is 4.68 Å². The number of benzene rings is 2. The number of aromatic nitrogens is 2. The fourth-order valence-electron chi connectivity index (χ4n) is 5.23. The summed E-state index contributed by atoms with van der Waals surface area (Å²) in [4.78, 5) is 17.4. The Kier molecular flexibility index (Phi) is 6.32. The zero-order valence-electron chi connectivity index (χ0n) is 19.8. The van der Waals surface area contributed by atoms with Gasteiger partial charge in [-0.15, -0.1) is 0 Å². The van der Waals surface area contributed by atoms with Crippen LogP contribution in [0.5, 0.6) is 0 Å². The summed E-state index contributed by atoms with van der Waals surface area (Å²) < 4.78 is 2.05. The molecule has 3 heterocycles. The number of amides is 1. The number of carbonyl (C=O) groups excluding carboxylic acids is 1. The third kappa shape index (κ3) is 4.74. The molecule has 2 aliphatic heterocycles. The number of hydrogen-bond acceptors (Lipinski definition) is 3. The van der Waals surface area contributed by atoms with Crippen molar-refractivity contribution in [3.05, 3.63) is 71.4 Å². The quantitative estimate of drug-likeness (QED) is 0.559. The standard InChI is InChI=1S/C28H34N4O/c1-21-10-11-22(2)26(18-21)32-20-25(27(29-32)23-8-4-3-5-9-23)19-30-16-12-24(13-17-30)28(33)31-14-6-7-15-31/h3-5,8-11,18,20,24H,6-7,12-17,19H2,1-2H3. The second-order valence-corrected chi connectivity index (χ2v) is 9.69. The molecule has 2 saturated heterocycles. The van der Waals surface area contributed by atoms with Gasteiger partial charge in [-0.05, 0) is 69.8 Å². The van der Waals surface area contributed by atoms with Crippen LogP contribution in [0.1, 0.15) is 42.4 Å². The predicted octanol–water partition coefficient (Wildman–Crippen LogP) is 4.99. The van der Waals surface area contributed by atoms with Gasteiger partial charge in [0.05, 0.1) is 11.4 Å². The molecule has 5 nitrogen and oxygen atoms in total. The van der Waals surface area contributed by atoms with E-state index in [4.69, 9.17) is 5.10 Å². The van der Waals surface area contributed by atoms with Gasteiger partial charge < -0.3 is 4.90 Å². The van der Waals surface area contributed by atoms with E-state index in [1.54, 1.807) is 0 Å². The summed E-state index contributed by atoms with van der Waals surface area (Å²) in [5, 5.41) is 5.04. The van der Waals surface area contributed by atoms with E-state index in [2.05, 4.69) is 72.3 Å². The van der Waals surface area contributed by atoms with Crippen molar-refractivity contribution in [1.29, 1.82) is 0 Å². The first-order chi connectivity index (χ1) is 16.1. The third-order valence-electron chi connectivity index (χ3n) is 7.20. The first kappa shape index (κ1) is 21.9. The van der Waals surface area contributed by atoms with Gasteiger partial charge in [0.1, 0.15) is 0 Å². The largest absolute Gasteiger partial charge is 0.342 e. The molecule has 0 N–H and O–H groups in total. The number of rotatable bonds is 5. The van der Waals surface area contributed by atoms with Crippen LogP contribution >= 0.6 is 0 Å². The maximum absolute atomic E-state index is 12.8. The Morgan fingerprint density at radius 2 is 1.70 bits per heavy atom. The van der Waals surface area contributed by atoms with Gasteiger partial charge >= 0.3 is 0 Å². The molecule has 5 heteroatoms. The summed E-state index contributed by atoms with van der Waals surface area (Å²) in [6, 6.07) is 17.0. The summed E-state index contributed by atoms with van der Waals surface area (Å²) in [7, 11) is 0. The van der Waals surface area contributed by atoms with Crippen molar-refractivity contribution in [2.45, 2.75) is 46.1 Å². The van der Waals surface area contributed by atoms with Crippen molar-refractivity contribution in [2.75, 3.05) is 26.2 Å². The number of aryl methyl sites for hydroxylation is 2. The fourth-order valence-corrected chi connectivity index (χ4v) is 5.23. The first-order valence-corrected chi connectivity index (χ1v) is 12.3. The lowest BCUT2D eigenvalue weighted by Crippen LogP contribution is -2.41. The Morgan fingerprint density at radius 1 is 0.970 bits per heavy atom. The van der Waals surface area contributed by atoms with Gasteiger partial charge in [0.25, 0.3) is 0 Å². The van der Waals surface area contributed by atoms with Crippen LogP contribution in [0.2, 0.25) is 0 Å². The smallest absolute Gasteiger partial charge is 0.225 e. The van der Waals surface area contributed by atoms with Gasteiger partial charge in [0, 0.05) is 42.9 Å². The molecular formula is C28H34N4O. The molecule has 2 aromatic carbocycles. The molecule has 0 atom stereocenters. The molecule has 0 bridgehead atoms. The highest BCUT2D eigenvalue weighted by atomic mass is 16.2. The number of carbonyl (C=O) groups is 1. The van der Waals surface area contributed by atoms with Crippen LogP contribution in [0.3, 0.4) is 0 Å². The van der Waals surface area contributed by atoms with Gasteiger partial charge in [0.15, 0.2) is 0 Å². The zero-order chi connectivity index (χ0) is 22.8. The van der Waals surface area contributed by atoms with E-state index in [1.165, 1.54) is 16.7 Å². The molecule has 5 rings (SSSR count). The van der Waals surface area contributed by atoms with Crippen LogP contribution in [-0.4, -0.2) is 51.7 Å². The fraction of sp³-hybridized carbons (Fsp3) is 0.429. The highest BCUT2D eigenvalue weighted by Crippen LogP contribution is 2.28. The monoisotopic (exact) mass is 442 g/mol. The van der Waals surface area contributed by atoms with E-state index >= 15 is 0 Å². The van der Waals surface area contributed by atoms with Crippen LogP contribution in [0.15, 0.2) is 54.7 Å². The Labute approximate surface area is 197 Å². The van der Waals surface area contributed by atoms with E-state index in [0.29, 0.717) is 5.91 Å². The second kappa shape index (κ2) is 9.52. The number of likely N-dealkylation sites (tertiary alicyclic amines) is 2. The Morgan fingerprint density at radius 3 is 2.42 bits per heavy atom. The molecule has 2 aliphatic rings. The predicted molar refractivity (Wildman–Crippen MR) is 132 cm³/mol. The molecule has 172 valence electrons. The molecule has 0 aliphatic carbocycles. The van der Waals surface area contributed by atoms with E-state index in [0.717, 1.165) is 75.4 Å². The van der Waals surface area contributed by atoms with Crippen molar-refractivity contribution in [1.82, 2.24) is 19.6 Å². The molecular weight excluding hydrogens is 408 g/mol. The second-order valence-electron chi connectivity index (χ2n) is 9.69. The third-order valence-corrected chi connectivity index (χ3v) is 7.20. The van der Waals surface area contributed by atoms with Gasteiger partial charge in [-0.1, -0.05) is 42.5 Å². The van der Waals surface area contributed by atoms with E-state index in [1.807, 2.05) is 10.7 Å². The minimum atomic E-state index is 0.200. The van der Waals surface area contributed by atoms with Crippen LogP contribution < -0.4 is 0 Å². The summed E-state index contributed by atoms with van der Waals surface area (Å²) in [5.74, 6) is 0.588. The lowest BCUT2D eigenvalue weighted by Gasteiger charge is -2.33. The van der Waals surface area contributed by atoms with Gasteiger partial charge in [0.2, 0.25) is 5.91 Å². The Hall–Kier alpha value is -2.92. The normalized spacial score (nSPS) is 17.6. The minimum absolute atomic E-state index is 0.200. The van der Waals surface area contributed by atoms with Crippen LogP contribution in [-0.2, 0) is 11.3 Å². The van der Waals surface area contributed by atoms with Crippen molar-refractivity contribution in [2.24, 2.45) is 5.92 Å². The number of piperidine rings is 1. The van der Waals surface area contributed by atoms with Gasteiger partial charge in [-0.2, -0.15) is 5.10 Å². The lowest BCUT2D eigenvalue weighted by atomic mass is 9.95. The highest BCUT2D eigenvalue weighted by Gasteiger charge is 2.30. The van der Waals surface area contributed by atoms with E-state index in [-0.39, 0.29) is 5.92 Å². The maximum Gasteiger partial charge on any atom is 0.225 e. The summed E-state index contributed by atoms with van der Waals surface area (Å²) in [6.07, 6.45) is 6.45. The number of nitrogens with zero attached hydrogens (tertiary/aromatic N) is 4. The minimum Gasteiger partial charge on any atom is -0.342 e. The van der Waals surface area contributed by atoms with Crippen LogP contribution in [0, 0.1) is 19.8 Å². The van der Waals surface area contributed by atoms with Crippen molar-refractivity contribution < 1.29 is 4.79 Å². The highest BCUT2D eigenvalue weighted by molar-refractivity contribution is 5.79. The average molecular weight is 443 g/mol. The molecule has 1 amide bonds. The van der Waals surface area contributed by atoms with Crippen molar-refractivity contribution in [3.8, 4) is 16.9 Å². The summed E-state index contributed by atoms with van der Waals surface area (Å²) in [6.45, 7) is 8.97. The molecule has 33 heavy (non-hydrogen) atoms. The first-order valence-electron chi connectivity index (χ1n) is 12.3. The lowest BCUT2D eigenvalue weighted by molar-refractivity contribution is -0.136. The Bertz CT molecular complexity index is 1110. The zero-order valence-corrected chi connectivity index (χ0v) is 19.8. The SMILES string of the molecule is Cc1ccc(C)c(-n2cc(CN3CCC(C(=O)N4CCCC4)CC3)c(-c3ccccc3)n2)c1. The Balaban J connectivity index is 1.36. The van der Waals surface area contributed by atoms with Crippen molar-refractivity contribution >= 4 is 5.91 Å². The molecule has 2 fully saturated rings. The molecule has 0 spiro atoms. The average Bonchev–Trinajstić information content (AvgIpc) is 3.52. The molecule has 1 aromatic heterocycles.